The highest BCUT2D eigenvalue weighted by molar-refractivity contribution is 5.84. The van der Waals surface area contributed by atoms with Crippen LogP contribution in [0.4, 0.5) is 4.79 Å². The number of rotatable bonds is 2. The minimum Gasteiger partial charge on any atom is -0.467 e. The van der Waals surface area contributed by atoms with E-state index in [1.54, 1.807) is 13.8 Å². The highest BCUT2D eigenvalue weighted by Crippen LogP contribution is 2.45. The SMILES string of the molecule is COC(=O)[C@@H]1CO[C@]2(C)N1C(=O)O[C@@]2(C)OC. The Bertz CT molecular complexity index is 372. The summed E-state index contributed by atoms with van der Waals surface area (Å²) in [5.41, 5.74) is -1.13. The molecular formula is C10H15NO6. The number of hydrogen-bond acceptors (Lipinski definition) is 6. The van der Waals surface area contributed by atoms with Gasteiger partial charge in [0.1, 0.15) is 0 Å². The third kappa shape index (κ3) is 1.35. The number of carbonyl (C=O) groups is 2. The molecule has 7 heteroatoms. The molecule has 2 saturated heterocycles. The van der Waals surface area contributed by atoms with Crippen LogP contribution in [0.1, 0.15) is 13.8 Å². The number of hydrogen-bond donors (Lipinski definition) is 0. The molecule has 0 radical (unpaired) electrons. The standard InChI is InChI=1S/C10H15NO6/c1-9-10(2,15-4)17-8(13)11(9)6(5-16-9)7(12)14-3/h6H,5H2,1-4H3/t6-,9-,10+/m0/s1. The third-order valence-electron chi connectivity index (χ3n) is 3.48. The highest BCUT2D eigenvalue weighted by Gasteiger charge is 2.68. The molecule has 2 rings (SSSR count). The molecule has 2 fully saturated rings. The van der Waals surface area contributed by atoms with Crippen LogP contribution < -0.4 is 0 Å². The van der Waals surface area contributed by atoms with Gasteiger partial charge in [0, 0.05) is 14.0 Å². The largest absolute Gasteiger partial charge is 0.467 e. The van der Waals surface area contributed by atoms with Crippen molar-refractivity contribution in [1.29, 1.82) is 0 Å². The van der Waals surface area contributed by atoms with Crippen LogP contribution in [0.3, 0.4) is 0 Å². The highest BCUT2D eigenvalue weighted by atomic mass is 16.8. The van der Waals surface area contributed by atoms with Gasteiger partial charge in [0.15, 0.2) is 6.04 Å². The van der Waals surface area contributed by atoms with E-state index in [0.717, 1.165) is 0 Å². The van der Waals surface area contributed by atoms with Gasteiger partial charge in [0.05, 0.1) is 13.7 Å². The summed E-state index contributed by atoms with van der Waals surface area (Å²) in [5, 5.41) is 0. The molecule has 0 unspecified atom stereocenters. The van der Waals surface area contributed by atoms with Crippen LogP contribution >= 0.6 is 0 Å². The lowest BCUT2D eigenvalue weighted by Gasteiger charge is -2.35. The molecule has 96 valence electrons. The fraction of sp³-hybridized carbons (Fsp3) is 0.800. The van der Waals surface area contributed by atoms with Crippen molar-refractivity contribution in [2.24, 2.45) is 0 Å². The van der Waals surface area contributed by atoms with E-state index in [1.807, 2.05) is 0 Å². The van der Waals surface area contributed by atoms with Gasteiger partial charge in [-0.05, 0) is 6.92 Å². The Morgan fingerprint density at radius 2 is 2.12 bits per heavy atom. The van der Waals surface area contributed by atoms with E-state index in [9.17, 15) is 9.59 Å². The Labute approximate surface area is 98.5 Å². The van der Waals surface area contributed by atoms with Gasteiger partial charge in [-0.15, -0.1) is 0 Å². The van der Waals surface area contributed by atoms with E-state index < -0.39 is 29.6 Å². The van der Waals surface area contributed by atoms with Gasteiger partial charge in [0.25, 0.3) is 5.79 Å². The van der Waals surface area contributed by atoms with Crippen LogP contribution in [-0.2, 0) is 23.7 Å². The molecule has 0 aromatic carbocycles. The molecule has 0 aliphatic carbocycles. The summed E-state index contributed by atoms with van der Waals surface area (Å²) in [6.07, 6.45) is -0.648. The molecule has 17 heavy (non-hydrogen) atoms. The average Bonchev–Trinajstić information content (AvgIpc) is 2.75. The lowest BCUT2D eigenvalue weighted by atomic mass is 10.1. The second-order valence-corrected chi connectivity index (χ2v) is 4.22. The van der Waals surface area contributed by atoms with Crippen molar-refractivity contribution in [3.05, 3.63) is 0 Å². The van der Waals surface area contributed by atoms with Crippen LogP contribution in [0.15, 0.2) is 0 Å². The third-order valence-corrected chi connectivity index (χ3v) is 3.48. The second kappa shape index (κ2) is 3.58. The van der Waals surface area contributed by atoms with Gasteiger partial charge in [0.2, 0.25) is 5.72 Å². The molecule has 0 saturated carbocycles. The molecule has 2 aliphatic heterocycles. The number of nitrogens with zero attached hydrogens (tertiary/aromatic N) is 1. The Morgan fingerprint density at radius 1 is 1.47 bits per heavy atom. The van der Waals surface area contributed by atoms with E-state index >= 15 is 0 Å². The average molecular weight is 245 g/mol. The summed E-state index contributed by atoms with van der Waals surface area (Å²) in [4.78, 5) is 24.6. The zero-order chi connectivity index (χ0) is 12.8. The topological polar surface area (TPSA) is 74.3 Å². The van der Waals surface area contributed by atoms with E-state index in [4.69, 9.17) is 14.2 Å². The van der Waals surface area contributed by atoms with Gasteiger partial charge < -0.3 is 18.9 Å². The molecule has 0 aromatic rings. The maximum Gasteiger partial charge on any atom is 0.415 e. The number of methoxy groups -OCH3 is 2. The molecule has 0 spiro atoms. The van der Waals surface area contributed by atoms with Gasteiger partial charge in [-0.1, -0.05) is 0 Å². The number of carbonyl (C=O) groups excluding carboxylic acids is 2. The molecule has 0 N–H and O–H groups in total. The second-order valence-electron chi connectivity index (χ2n) is 4.22. The summed E-state index contributed by atoms with van der Waals surface area (Å²) < 4.78 is 20.5. The first-order valence-corrected chi connectivity index (χ1v) is 5.19. The number of ether oxygens (including phenoxy) is 4. The Hall–Kier alpha value is -1.34. The lowest BCUT2D eigenvalue weighted by Crippen LogP contribution is -2.55. The van der Waals surface area contributed by atoms with Gasteiger partial charge in [-0.3, -0.25) is 4.90 Å². The summed E-state index contributed by atoms with van der Waals surface area (Å²) in [5.74, 6) is -1.78. The molecule has 2 heterocycles. The molecule has 2 aliphatic rings. The zero-order valence-corrected chi connectivity index (χ0v) is 10.2. The monoisotopic (exact) mass is 245 g/mol. The first-order valence-electron chi connectivity index (χ1n) is 5.19. The minimum absolute atomic E-state index is 0.0667. The minimum atomic E-state index is -1.24. The van der Waals surface area contributed by atoms with Crippen molar-refractivity contribution in [2.45, 2.75) is 31.4 Å². The zero-order valence-electron chi connectivity index (χ0n) is 10.2. The molecule has 7 nitrogen and oxygen atoms in total. The number of cyclic esters (lactones) is 1. The summed E-state index contributed by atoms with van der Waals surface area (Å²) in [6, 6.07) is -0.797. The molecule has 0 aromatic heterocycles. The lowest BCUT2D eigenvalue weighted by molar-refractivity contribution is -0.259. The number of esters is 1. The fourth-order valence-corrected chi connectivity index (χ4v) is 2.18. The predicted octanol–water partition coefficient (Wildman–Crippen LogP) is 0.0892. The van der Waals surface area contributed by atoms with Crippen molar-refractivity contribution in [3.63, 3.8) is 0 Å². The normalized spacial score (nSPS) is 40.1. The van der Waals surface area contributed by atoms with E-state index in [0.29, 0.717) is 0 Å². The maximum absolute atomic E-state index is 11.8. The summed E-state index contributed by atoms with van der Waals surface area (Å²) in [6.45, 7) is 3.30. The Kier molecular flexibility index (Phi) is 2.55. The van der Waals surface area contributed by atoms with Crippen molar-refractivity contribution < 1.29 is 28.5 Å². The Balaban J connectivity index is 2.37. The quantitative estimate of drug-likeness (QED) is 0.642. The number of amides is 1. The first kappa shape index (κ1) is 12.1. The van der Waals surface area contributed by atoms with Crippen LogP contribution in [0.2, 0.25) is 0 Å². The van der Waals surface area contributed by atoms with Crippen LogP contribution in [-0.4, -0.2) is 55.3 Å². The van der Waals surface area contributed by atoms with Crippen molar-refractivity contribution in [1.82, 2.24) is 4.90 Å². The van der Waals surface area contributed by atoms with Crippen molar-refractivity contribution in [2.75, 3.05) is 20.8 Å². The van der Waals surface area contributed by atoms with E-state index in [1.165, 1.54) is 19.1 Å². The number of fused-ring (bicyclic) bond motifs is 1. The molecule has 0 bridgehead atoms. The molecule has 3 atom stereocenters. The van der Waals surface area contributed by atoms with Crippen molar-refractivity contribution in [3.8, 4) is 0 Å². The van der Waals surface area contributed by atoms with Crippen LogP contribution in [0, 0.1) is 0 Å². The van der Waals surface area contributed by atoms with Crippen LogP contribution in [0.5, 0.6) is 0 Å². The molecule has 1 amide bonds. The summed E-state index contributed by atoms with van der Waals surface area (Å²) >= 11 is 0. The van der Waals surface area contributed by atoms with Gasteiger partial charge in [-0.2, -0.15) is 0 Å². The first-order chi connectivity index (χ1) is 7.89. The molecular weight excluding hydrogens is 230 g/mol. The maximum atomic E-state index is 11.8. The van der Waals surface area contributed by atoms with Crippen molar-refractivity contribution >= 4 is 12.1 Å². The summed E-state index contributed by atoms with van der Waals surface area (Å²) in [7, 11) is 2.67. The van der Waals surface area contributed by atoms with Crippen LogP contribution in [0.25, 0.3) is 0 Å². The smallest absolute Gasteiger partial charge is 0.415 e. The Morgan fingerprint density at radius 3 is 2.65 bits per heavy atom. The van der Waals surface area contributed by atoms with Gasteiger partial charge >= 0.3 is 12.1 Å². The fourth-order valence-electron chi connectivity index (χ4n) is 2.18. The van der Waals surface area contributed by atoms with E-state index in [-0.39, 0.29) is 6.61 Å². The predicted molar refractivity (Wildman–Crippen MR) is 53.9 cm³/mol. The van der Waals surface area contributed by atoms with Gasteiger partial charge in [-0.25, -0.2) is 9.59 Å². The van der Waals surface area contributed by atoms with E-state index in [2.05, 4.69) is 4.74 Å².